The van der Waals surface area contributed by atoms with Crippen molar-refractivity contribution >= 4 is 0 Å². The first-order valence-electron chi connectivity index (χ1n) is 5.81. The van der Waals surface area contributed by atoms with Gasteiger partial charge in [0.1, 0.15) is 5.75 Å². The van der Waals surface area contributed by atoms with E-state index in [0.29, 0.717) is 13.2 Å². The minimum absolute atomic E-state index is 0.0352. The van der Waals surface area contributed by atoms with E-state index < -0.39 is 0 Å². The number of nitrogens with two attached hydrogens (primary N) is 1. The zero-order valence-electron chi connectivity index (χ0n) is 9.65. The molecule has 0 saturated heterocycles. The monoisotopic (exact) mass is 221 g/mol. The molecule has 0 aliphatic heterocycles. The summed E-state index contributed by atoms with van der Waals surface area (Å²) in [5.74, 6) is 0.884. The highest BCUT2D eigenvalue weighted by atomic mass is 16.5. The molecule has 3 N–H and O–H groups in total. The van der Waals surface area contributed by atoms with Gasteiger partial charge in [-0.05, 0) is 37.5 Å². The summed E-state index contributed by atoms with van der Waals surface area (Å²) in [5, 5.41) is 9.46. The SMILES string of the molecule is CCOc1cccc(C2(CN)CC(O)C2)c1. The summed E-state index contributed by atoms with van der Waals surface area (Å²) in [5.41, 5.74) is 6.99. The molecule has 0 spiro atoms. The number of hydrogen-bond donors (Lipinski definition) is 2. The van der Waals surface area contributed by atoms with E-state index in [9.17, 15) is 5.11 Å². The number of hydrogen-bond acceptors (Lipinski definition) is 3. The fourth-order valence-electron chi connectivity index (χ4n) is 2.44. The molecular weight excluding hydrogens is 202 g/mol. The van der Waals surface area contributed by atoms with Crippen molar-refractivity contribution in [2.75, 3.05) is 13.2 Å². The molecule has 0 bridgehead atoms. The van der Waals surface area contributed by atoms with Crippen molar-refractivity contribution in [3.63, 3.8) is 0 Å². The van der Waals surface area contributed by atoms with E-state index in [4.69, 9.17) is 10.5 Å². The van der Waals surface area contributed by atoms with Gasteiger partial charge in [0, 0.05) is 12.0 Å². The van der Waals surface area contributed by atoms with Gasteiger partial charge in [-0.2, -0.15) is 0 Å². The van der Waals surface area contributed by atoms with Crippen molar-refractivity contribution in [3.05, 3.63) is 29.8 Å². The molecule has 2 rings (SSSR count). The smallest absolute Gasteiger partial charge is 0.119 e. The van der Waals surface area contributed by atoms with Crippen LogP contribution in [0.3, 0.4) is 0 Å². The number of rotatable bonds is 4. The van der Waals surface area contributed by atoms with E-state index in [0.717, 1.165) is 18.6 Å². The summed E-state index contributed by atoms with van der Waals surface area (Å²) in [6.07, 6.45) is 1.33. The van der Waals surface area contributed by atoms with Crippen LogP contribution >= 0.6 is 0 Å². The maximum atomic E-state index is 9.46. The molecule has 3 heteroatoms. The van der Waals surface area contributed by atoms with Crippen LogP contribution < -0.4 is 10.5 Å². The molecule has 1 aromatic rings. The van der Waals surface area contributed by atoms with Crippen molar-refractivity contribution in [2.24, 2.45) is 5.73 Å². The van der Waals surface area contributed by atoms with Crippen LogP contribution in [0.25, 0.3) is 0 Å². The Morgan fingerprint density at radius 3 is 2.81 bits per heavy atom. The third-order valence-corrected chi connectivity index (χ3v) is 3.40. The molecule has 1 aliphatic rings. The molecule has 3 nitrogen and oxygen atoms in total. The Balaban J connectivity index is 2.22. The molecule has 16 heavy (non-hydrogen) atoms. The quantitative estimate of drug-likeness (QED) is 0.808. The summed E-state index contributed by atoms with van der Waals surface area (Å²) < 4.78 is 5.48. The molecule has 1 saturated carbocycles. The fraction of sp³-hybridized carbons (Fsp3) is 0.538. The van der Waals surface area contributed by atoms with Crippen molar-refractivity contribution in [1.29, 1.82) is 0 Å². The van der Waals surface area contributed by atoms with Gasteiger partial charge in [0.05, 0.1) is 12.7 Å². The average Bonchev–Trinajstić information content (AvgIpc) is 2.25. The lowest BCUT2D eigenvalue weighted by Crippen LogP contribution is -2.49. The third-order valence-electron chi connectivity index (χ3n) is 3.40. The summed E-state index contributed by atoms with van der Waals surface area (Å²) >= 11 is 0. The molecule has 0 amide bonds. The number of aliphatic hydroxyl groups is 1. The number of aliphatic hydroxyl groups excluding tert-OH is 1. The molecule has 0 heterocycles. The maximum Gasteiger partial charge on any atom is 0.119 e. The summed E-state index contributed by atoms with van der Waals surface area (Å²) in [6, 6.07) is 8.05. The minimum Gasteiger partial charge on any atom is -0.494 e. The summed E-state index contributed by atoms with van der Waals surface area (Å²) in [7, 11) is 0. The van der Waals surface area contributed by atoms with E-state index in [1.54, 1.807) is 0 Å². The summed E-state index contributed by atoms with van der Waals surface area (Å²) in [4.78, 5) is 0. The van der Waals surface area contributed by atoms with Crippen LogP contribution in [-0.4, -0.2) is 24.4 Å². The van der Waals surface area contributed by atoms with E-state index in [1.807, 2.05) is 25.1 Å². The van der Waals surface area contributed by atoms with Crippen LogP contribution in [0, 0.1) is 0 Å². The van der Waals surface area contributed by atoms with Gasteiger partial charge in [-0.25, -0.2) is 0 Å². The van der Waals surface area contributed by atoms with Gasteiger partial charge < -0.3 is 15.6 Å². The molecule has 0 unspecified atom stereocenters. The van der Waals surface area contributed by atoms with Crippen LogP contribution in [0.5, 0.6) is 5.75 Å². The Labute approximate surface area is 96.2 Å². The van der Waals surface area contributed by atoms with Crippen molar-refractivity contribution in [3.8, 4) is 5.75 Å². The minimum atomic E-state index is -0.195. The molecule has 0 atom stereocenters. The Bertz CT molecular complexity index is 359. The first kappa shape index (κ1) is 11.4. The van der Waals surface area contributed by atoms with Crippen LogP contribution in [0.4, 0.5) is 0 Å². The molecule has 1 fully saturated rings. The second-order valence-corrected chi connectivity index (χ2v) is 4.51. The average molecular weight is 221 g/mol. The highest BCUT2D eigenvalue weighted by Crippen LogP contribution is 2.43. The van der Waals surface area contributed by atoms with E-state index >= 15 is 0 Å². The predicted octanol–water partition coefficient (Wildman–Crippen LogP) is 1.44. The molecular formula is C13H19NO2. The Morgan fingerprint density at radius 2 is 2.25 bits per heavy atom. The van der Waals surface area contributed by atoms with Gasteiger partial charge in [0.25, 0.3) is 0 Å². The Hall–Kier alpha value is -1.06. The molecule has 0 radical (unpaired) electrons. The van der Waals surface area contributed by atoms with E-state index in [2.05, 4.69) is 6.07 Å². The largest absolute Gasteiger partial charge is 0.494 e. The number of benzene rings is 1. The van der Waals surface area contributed by atoms with Gasteiger partial charge in [0.15, 0.2) is 0 Å². The van der Waals surface area contributed by atoms with Crippen LogP contribution in [0.15, 0.2) is 24.3 Å². The standard InChI is InChI=1S/C13H19NO2/c1-2-16-12-5-3-4-10(6-12)13(9-14)7-11(15)8-13/h3-6,11,15H,2,7-9,14H2,1H3. The first-order valence-corrected chi connectivity index (χ1v) is 5.81. The predicted molar refractivity (Wildman–Crippen MR) is 63.6 cm³/mol. The van der Waals surface area contributed by atoms with Crippen LogP contribution in [-0.2, 0) is 5.41 Å². The van der Waals surface area contributed by atoms with Crippen molar-refractivity contribution in [1.82, 2.24) is 0 Å². The van der Waals surface area contributed by atoms with Crippen molar-refractivity contribution < 1.29 is 9.84 Å². The third kappa shape index (κ3) is 1.93. The van der Waals surface area contributed by atoms with E-state index in [-0.39, 0.29) is 11.5 Å². The van der Waals surface area contributed by atoms with Crippen LogP contribution in [0.2, 0.25) is 0 Å². The summed E-state index contributed by atoms with van der Waals surface area (Å²) in [6.45, 7) is 3.22. The van der Waals surface area contributed by atoms with Gasteiger partial charge in [-0.15, -0.1) is 0 Å². The normalized spacial score (nSPS) is 28.6. The lowest BCUT2D eigenvalue weighted by Gasteiger charge is -2.45. The van der Waals surface area contributed by atoms with Gasteiger partial charge in [-0.1, -0.05) is 12.1 Å². The molecule has 1 aromatic carbocycles. The highest BCUT2D eigenvalue weighted by Gasteiger charge is 2.43. The topological polar surface area (TPSA) is 55.5 Å². The highest BCUT2D eigenvalue weighted by molar-refractivity contribution is 5.36. The first-order chi connectivity index (χ1) is 7.70. The molecule has 88 valence electrons. The lowest BCUT2D eigenvalue weighted by atomic mass is 9.63. The Morgan fingerprint density at radius 1 is 1.50 bits per heavy atom. The van der Waals surface area contributed by atoms with Crippen LogP contribution in [0.1, 0.15) is 25.3 Å². The fourth-order valence-corrected chi connectivity index (χ4v) is 2.44. The maximum absolute atomic E-state index is 9.46. The zero-order valence-corrected chi connectivity index (χ0v) is 9.65. The second kappa shape index (κ2) is 4.44. The van der Waals surface area contributed by atoms with Gasteiger partial charge in [0.2, 0.25) is 0 Å². The zero-order chi connectivity index (χ0) is 11.6. The Kier molecular flexibility index (Phi) is 3.17. The molecule has 0 aromatic heterocycles. The molecule has 1 aliphatic carbocycles. The van der Waals surface area contributed by atoms with E-state index in [1.165, 1.54) is 5.56 Å². The van der Waals surface area contributed by atoms with Crippen molar-refractivity contribution in [2.45, 2.75) is 31.3 Å². The lowest BCUT2D eigenvalue weighted by molar-refractivity contribution is 0.0220. The van der Waals surface area contributed by atoms with Gasteiger partial charge >= 0.3 is 0 Å². The number of ether oxygens (including phenoxy) is 1. The second-order valence-electron chi connectivity index (χ2n) is 4.51. The van der Waals surface area contributed by atoms with Gasteiger partial charge in [-0.3, -0.25) is 0 Å².